The Bertz CT molecular complexity index is 478. The minimum absolute atomic E-state index is 0.0348. The van der Waals surface area contributed by atoms with Gasteiger partial charge in [0, 0.05) is 26.2 Å². The molecule has 2 rings (SSSR count). The molecule has 2 heterocycles. The maximum atomic E-state index is 12.6. The van der Waals surface area contributed by atoms with Gasteiger partial charge < -0.3 is 20.2 Å². The molecule has 0 aliphatic carbocycles. The van der Waals surface area contributed by atoms with Crippen molar-refractivity contribution in [1.29, 1.82) is 0 Å². The van der Waals surface area contributed by atoms with E-state index in [1.807, 2.05) is 25.1 Å². The number of anilines is 1. The second-order valence-corrected chi connectivity index (χ2v) is 5.42. The minimum atomic E-state index is -0.448. The predicted molar refractivity (Wildman–Crippen MR) is 77.8 cm³/mol. The fourth-order valence-electron chi connectivity index (χ4n) is 2.58. The van der Waals surface area contributed by atoms with Crippen molar-refractivity contribution in [2.75, 3.05) is 39.5 Å². The molecule has 0 radical (unpaired) electrons. The number of likely N-dealkylation sites (N-methyl/N-ethyl adjacent to an activating group) is 1. The van der Waals surface area contributed by atoms with Crippen LogP contribution in [0, 0.1) is 0 Å². The number of aliphatic hydroxyl groups excluding tert-OH is 1. The Morgan fingerprint density at radius 2 is 2.30 bits per heavy atom. The molecule has 0 spiro atoms. The first-order valence-electron chi connectivity index (χ1n) is 6.80. The standard InChI is InChI=1S/C14H22N4O2/c1-15-13-6-4-5-12(16-13)14(20)18-9-11(19)7-10(18)8-17(2)3/h4-6,10-11,19H,7-9H2,1-3H3,(H,15,16). The van der Waals surface area contributed by atoms with E-state index in [9.17, 15) is 9.90 Å². The van der Waals surface area contributed by atoms with Gasteiger partial charge >= 0.3 is 0 Å². The van der Waals surface area contributed by atoms with Crippen LogP contribution in [-0.4, -0.2) is 72.2 Å². The maximum Gasteiger partial charge on any atom is 0.272 e. The minimum Gasteiger partial charge on any atom is -0.391 e. The molecule has 110 valence electrons. The SMILES string of the molecule is CNc1cccc(C(=O)N2CC(O)CC2CN(C)C)n1. The van der Waals surface area contributed by atoms with Gasteiger partial charge in [-0.05, 0) is 32.6 Å². The molecule has 1 aliphatic rings. The fourth-order valence-corrected chi connectivity index (χ4v) is 2.58. The van der Waals surface area contributed by atoms with E-state index >= 15 is 0 Å². The molecule has 6 nitrogen and oxygen atoms in total. The molecular formula is C14H22N4O2. The summed E-state index contributed by atoms with van der Waals surface area (Å²) in [4.78, 5) is 20.6. The van der Waals surface area contributed by atoms with E-state index in [1.165, 1.54) is 0 Å². The predicted octanol–water partition coefficient (Wildman–Crippen LogP) is 0.260. The number of nitrogens with zero attached hydrogens (tertiary/aromatic N) is 3. The average Bonchev–Trinajstić information content (AvgIpc) is 2.78. The van der Waals surface area contributed by atoms with Crippen molar-refractivity contribution in [2.45, 2.75) is 18.6 Å². The van der Waals surface area contributed by atoms with Crippen molar-refractivity contribution < 1.29 is 9.90 Å². The summed E-state index contributed by atoms with van der Waals surface area (Å²) in [6.45, 7) is 1.12. The van der Waals surface area contributed by atoms with Crippen molar-refractivity contribution in [3.63, 3.8) is 0 Å². The van der Waals surface area contributed by atoms with Crippen molar-refractivity contribution in [3.8, 4) is 0 Å². The molecule has 1 aromatic rings. The molecule has 1 fully saturated rings. The number of aliphatic hydroxyl groups is 1. The third-order valence-electron chi connectivity index (χ3n) is 3.45. The summed E-state index contributed by atoms with van der Waals surface area (Å²) < 4.78 is 0. The van der Waals surface area contributed by atoms with E-state index in [2.05, 4.69) is 10.3 Å². The number of hydrogen-bond donors (Lipinski definition) is 2. The van der Waals surface area contributed by atoms with Crippen LogP contribution in [0.2, 0.25) is 0 Å². The number of carbonyl (C=O) groups is 1. The molecule has 0 aromatic carbocycles. The van der Waals surface area contributed by atoms with Crippen LogP contribution in [0.4, 0.5) is 5.82 Å². The molecular weight excluding hydrogens is 256 g/mol. The summed E-state index contributed by atoms with van der Waals surface area (Å²) in [5.41, 5.74) is 0.412. The van der Waals surface area contributed by atoms with E-state index in [-0.39, 0.29) is 11.9 Å². The normalized spacial score (nSPS) is 22.4. The van der Waals surface area contributed by atoms with Gasteiger partial charge in [0.15, 0.2) is 0 Å². The molecule has 2 atom stereocenters. The highest BCUT2D eigenvalue weighted by Crippen LogP contribution is 2.21. The molecule has 2 unspecified atom stereocenters. The number of aromatic nitrogens is 1. The molecule has 2 N–H and O–H groups in total. The molecule has 1 amide bonds. The van der Waals surface area contributed by atoms with E-state index in [0.717, 1.165) is 6.54 Å². The van der Waals surface area contributed by atoms with Gasteiger partial charge in [0.2, 0.25) is 0 Å². The summed E-state index contributed by atoms with van der Waals surface area (Å²) in [6, 6.07) is 5.36. The number of amides is 1. The largest absolute Gasteiger partial charge is 0.391 e. The average molecular weight is 278 g/mol. The van der Waals surface area contributed by atoms with Gasteiger partial charge in [-0.3, -0.25) is 4.79 Å². The molecule has 1 saturated heterocycles. The Morgan fingerprint density at radius 1 is 1.55 bits per heavy atom. The first-order chi connectivity index (χ1) is 9.51. The lowest BCUT2D eigenvalue weighted by atomic mass is 10.2. The monoisotopic (exact) mass is 278 g/mol. The first-order valence-corrected chi connectivity index (χ1v) is 6.80. The van der Waals surface area contributed by atoms with Crippen LogP contribution in [0.5, 0.6) is 0 Å². The molecule has 0 bridgehead atoms. The Hall–Kier alpha value is -1.66. The number of β-amino-alcohol motifs (C(OH)–C–C–N with tert-alkyl or cyclic N) is 1. The summed E-state index contributed by atoms with van der Waals surface area (Å²) in [7, 11) is 5.70. The van der Waals surface area contributed by atoms with Crippen LogP contribution in [0.3, 0.4) is 0 Å². The topological polar surface area (TPSA) is 68.7 Å². The second kappa shape index (κ2) is 6.19. The Kier molecular flexibility index (Phi) is 4.57. The van der Waals surface area contributed by atoms with Gasteiger partial charge in [-0.25, -0.2) is 4.98 Å². The van der Waals surface area contributed by atoms with E-state index < -0.39 is 6.10 Å². The number of rotatable bonds is 4. The first kappa shape index (κ1) is 14.7. The highest BCUT2D eigenvalue weighted by atomic mass is 16.3. The van der Waals surface area contributed by atoms with Gasteiger partial charge in [-0.1, -0.05) is 6.07 Å². The van der Waals surface area contributed by atoms with E-state index in [1.54, 1.807) is 24.1 Å². The highest BCUT2D eigenvalue weighted by Gasteiger charge is 2.35. The highest BCUT2D eigenvalue weighted by molar-refractivity contribution is 5.93. The van der Waals surface area contributed by atoms with Crippen LogP contribution in [-0.2, 0) is 0 Å². The molecule has 1 aromatic heterocycles. The summed E-state index contributed by atoms with van der Waals surface area (Å²) in [5.74, 6) is 0.547. The lowest BCUT2D eigenvalue weighted by Crippen LogP contribution is -2.41. The second-order valence-electron chi connectivity index (χ2n) is 5.42. The Balaban J connectivity index is 2.17. The van der Waals surface area contributed by atoms with E-state index in [4.69, 9.17) is 0 Å². The molecule has 20 heavy (non-hydrogen) atoms. The number of likely N-dealkylation sites (tertiary alicyclic amines) is 1. The van der Waals surface area contributed by atoms with Crippen molar-refractivity contribution in [2.24, 2.45) is 0 Å². The van der Waals surface area contributed by atoms with Crippen LogP contribution >= 0.6 is 0 Å². The van der Waals surface area contributed by atoms with Gasteiger partial charge in [0.05, 0.1) is 6.10 Å². The van der Waals surface area contributed by atoms with E-state index in [0.29, 0.717) is 24.5 Å². The lowest BCUT2D eigenvalue weighted by Gasteiger charge is -2.26. The zero-order valence-corrected chi connectivity index (χ0v) is 12.2. The van der Waals surface area contributed by atoms with Crippen LogP contribution in [0.25, 0.3) is 0 Å². The quantitative estimate of drug-likeness (QED) is 0.827. The zero-order chi connectivity index (χ0) is 14.7. The summed E-state index contributed by atoms with van der Waals surface area (Å²) in [5, 5.41) is 12.8. The third-order valence-corrected chi connectivity index (χ3v) is 3.45. The smallest absolute Gasteiger partial charge is 0.272 e. The zero-order valence-electron chi connectivity index (χ0n) is 12.2. The van der Waals surface area contributed by atoms with Crippen LogP contribution in [0.15, 0.2) is 18.2 Å². The fraction of sp³-hybridized carbons (Fsp3) is 0.571. The van der Waals surface area contributed by atoms with Crippen LogP contribution in [0.1, 0.15) is 16.9 Å². The van der Waals surface area contributed by atoms with Crippen molar-refractivity contribution >= 4 is 11.7 Å². The molecule has 0 saturated carbocycles. The number of pyridine rings is 1. The maximum absolute atomic E-state index is 12.6. The van der Waals surface area contributed by atoms with Gasteiger partial charge in [0.25, 0.3) is 5.91 Å². The number of hydrogen-bond acceptors (Lipinski definition) is 5. The molecule has 1 aliphatic heterocycles. The molecule has 6 heteroatoms. The van der Waals surface area contributed by atoms with Crippen LogP contribution < -0.4 is 5.32 Å². The van der Waals surface area contributed by atoms with Crippen molar-refractivity contribution in [1.82, 2.24) is 14.8 Å². The lowest BCUT2D eigenvalue weighted by molar-refractivity contribution is 0.0693. The Morgan fingerprint density at radius 3 is 2.95 bits per heavy atom. The van der Waals surface area contributed by atoms with Gasteiger partial charge in [0.1, 0.15) is 11.5 Å². The summed E-state index contributed by atoms with van der Waals surface area (Å²) in [6.07, 6.45) is 0.173. The van der Waals surface area contributed by atoms with Gasteiger partial charge in [-0.2, -0.15) is 0 Å². The number of nitrogens with one attached hydrogen (secondary N) is 1. The number of carbonyl (C=O) groups excluding carboxylic acids is 1. The third kappa shape index (κ3) is 3.26. The van der Waals surface area contributed by atoms with Gasteiger partial charge in [-0.15, -0.1) is 0 Å². The summed E-state index contributed by atoms with van der Waals surface area (Å²) >= 11 is 0. The Labute approximate surface area is 119 Å². The van der Waals surface area contributed by atoms with Crippen molar-refractivity contribution in [3.05, 3.63) is 23.9 Å².